The van der Waals surface area contributed by atoms with Crippen molar-refractivity contribution in [2.45, 2.75) is 0 Å². The highest BCUT2D eigenvalue weighted by atomic mass is 16.5. The number of nitrogens with zero attached hydrogens (tertiary/aromatic N) is 1. The lowest BCUT2D eigenvalue weighted by Crippen LogP contribution is -1.76. The van der Waals surface area contributed by atoms with Crippen molar-refractivity contribution < 1.29 is 4.74 Å². The van der Waals surface area contributed by atoms with E-state index < -0.39 is 0 Å². The molecule has 0 aliphatic rings. The first-order valence-corrected chi connectivity index (χ1v) is 2.19. The molecule has 0 atom stereocenters. The fourth-order valence-corrected chi connectivity index (χ4v) is 0.202. The van der Waals surface area contributed by atoms with E-state index in [2.05, 4.69) is 6.58 Å². The highest BCUT2D eigenvalue weighted by Gasteiger charge is 1.67. The Balaban J connectivity index is 3.06. The third kappa shape index (κ3) is 4.77. The average Bonchev–Trinajstić information content (AvgIpc) is 1.81. The third-order valence-corrected chi connectivity index (χ3v) is 0.453. The van der Waals surface area contributed by atoms with Crippen LogP contribution in [0.2, 0.25) is 0 Å². The minimum Gasteiger partial charge on any atom is -0.496 e. The minimum absolute atomic E-state index is 0.457. The molecule has 8 heavy (non-hydrogen) atoms. The first-order chi connectivity index (χ1) is 3.91. The van der Waals surface area contributed by atoms with Crippen LogP contribution in [-0.2, 0) is 4.74 Å². The van der Waals surface area contributed by atoms with Gasteiger partial charge in [0.1, 0.15) is 6.61 Å². The van der Waals surface area contributed by atoms with E-state index in [0.717, 1.165) is 0 Å². The summed E-state index contributed by atoms with van der Waals surface area (Å²) in [4.78, 5) is 0. The van der Waals surface area contributed by atoms with Gasteiger partial charge in [0.25, 0.3) is 0 Å². The van der Waals surface area contributed by atoms with E-state index in [1.807, 2.05) is 0 Å². The van der Waals surface area contributed by atoms with E-state index in [1.54, 1.807) is 12.1 Å². The molecule has 0 unspecified atom stereocenters. The molecule has 0 aromatic carbocycles. The van der Waals surface area contributed by atoms with Gasteiger partial charge in [-0.1, -0.05) is 12.7 Å². The van der Waals surface area contributed by atoms with Crippen LogP contribution in [0.25, 0.3) is 0 Å². The van der Waals surface area contributed by atoms with Crippen molar-refractivity contribution in [1.82, 2.24) is 0 Å². The fourth-order valence-electron chi connectivity index (χ4n) is 0.202. The lowest BCUT2D eigenvalue weighted by Gasteiger charge is -1.87. The largest absolute Gasteiger partial charge is 0.496 e. The van der Waals surface area contributed by atoms with Gasteiger partial charge in [-0.3, -0.25) is 0 Å². The Morgan fingerprint density at radius 3 is 3.00 bits per heavy atom. The van der Waals surface area contributed by atoms with Gasteiger partial charge in [0.05, 0.1) is 18.4 Å². The number of rotatable bonds is 3. The van der Waals surface area contributed by atoms with Crippen molar-refractivity contribution in [1.29, 1.82) is 5.26 Å². The normalized spacial score (nSPS) is 8.38. The van der Waals surface area contributed by atoms with Crippen LogP contribution < -0.4 is 0 Å². The van der Waals surface area contributed by atoms with Gasteiger partial charge in [0.2, 0.25) is 0 Å². The average molecular weight is 109 g/mol. The number of allylic oxidation sites excluding steroid dienone is 1. The van der Waals surface area contributed by atoms with E-state index in [4.69, 9.17) is 10.00 Å². The Kier molecular flexibility index (Phi) is 4.88. The highest BCUT2D eigenvalue weighted by Crippen LogP contribution is 1.75. The van der Waals surface area contributed by atoms with Crippen molar-refractivity contribution >= 4 is 0 Å². The van der Waals surface area contributed by atoms with Crippen molar-refractivity contribution in [3.63, 3.8) is 0 Å². The maximum Gasteiger partial charge on any atom is 0.105 e. The van der Waals surface area contributed by atoms with Gasteiger partial charge in [0.15, 0.2) is 0 Å². The summed E-state index contributed by atoms with van der Waals surface area (Å²) in [5.41, 5.74) is 0. The zero-order valence-electron chi connectivity index (χ0n) is 4.50. The lowest BCUT2D eigenvalue weighted by atomic mass is 10.7. The molecule has 0 N–H and O–H groups in total. The standard InChI is InChI=1S/C6H7NO/c1-2-5-8-6-3-4-7/h2-3,6H,1,5H2/b6-3-. The van der Waals surface area contributed by atoms with Crippen LogP contribution in [0.4, 0.5) is 0 Å². The number of nitriles is 1. The van der Waals surface area contributed by atoms with E-state index in [-0.39, 0.29) is 0 Å². The van der Waals surface area contributed by atoms with E-state index in [0.29, 0.717) is 6.61 Å². The molecule has 0 aromatic rings. The third-order valence-electron chi connectivity index (χ3n) is 0.453. The molecule has 0 amide bonds. The Morgan fingerprint density at radius 1 is 1.75 bits per heavy atom. The van der Waals surface area contributed by atoms with Crippen LogP contribution in [0.1, 0.15) is 0 Å². The summed E-state index contributed by atoms with van der Waals surface area (Å²) in [7, 11) is 0. The molecule has 42 valence electrons. The molecule has 2 nitrogen and oxygen atoms in total. The molecule has 2 heteroatoms. The smallest absolute Gasteiger partial charge is 0.105 e. The van der Waals surface area contributed by atoms with Crippen molar-refractivity contribution in [3.05, 3.63) is 25.0 Å². The summed E-state index contributed by atoms with van der Waals surface area (Å²) in [6, 6.07) is 1.79. The quantitative estimate of drug-likeness (QED) is 0.236. The van der Waals surface area contributed by atoms with Crippen molar-refractivity contribution in [2.75, 3.05) is 6.61 Å². The number of ether oxygens (including phenoxy) is 1. The lowest BCUT2D eigenvalue weighted by molar-refractivity contribution is 0.290. The highest BCUT2D eigenvalue weighted by molar-refractivity contribution is 4.97. The second-order valence-electron chi connectivity index (χ2n) is 1.05. The van der Waals surface area contributed by atoms with Gasteiger partial charge in [-0.2, -0.15) is 5.26 Å². The van der Waals surface area contributed by atoms with Gasteiger partial charge < -0.3 is 4.74 Å². The minimum atomic E-state index is 0.457. The topological polar surface area (TPSA) is 33.0 Å². The SMILES string of the molecule is C=CCO/C=C\C#N. The molecule has 0 radical (unpaired) electrons. The Hall–Kier alpha value is -1.23. The molecule has 0 aliphatic carbocycles. The number of hydrogen-bond acceptors (Lipinski definition) is 2. The zero-order chi connectivity index (χ0) is 6.24. The summed E-state index contributed by atoms with van der Waals surface area (Å²) < 4.78 is 4.70. The number of hydrogen-bond donors (Lipinski definition) is 0. The fraction of sp³-hybridized carbons (Fsp3) is 0.167. The molecule has 0 saturated heterocycles. The Morgan fingerprint density at radius 2 is 2.50 bits per heavy atom. The molecule has 0 aromatic heterocycles. The Bertz CT molecular complexity index is 121. The van der Waals surface area contributed by atoms with Crippen LogP contribution in [0, 0.1) is 11.3 Å². The van der Waals surface area contributed by atoms with Crippen LogP contribution in [-0.4, -0.2) is 6.61 Å². The van der Waals surface area contributed by atoms with E-state index in [9.17, 15) is 0 Å². The van der Waals surface area contributed by atoms with Crippen LogP contribution in [0.3, 0.4) is 0 Å². The van der Waals surface area contributed by atoms with Gasteiger partial charge in [-0.15, -0.1) is 0 Å². The van der Waals surface area contributed by atoms with Gasteiger partial charge >= 0.3 is 0 Å². The summed E-state index contributed by atoms with van der Waals surface area (Å²) in [5.74, 6) is 0. The first kappa shape index (κ1) is 6.77. The van der Waals surface area contributed by atoms with Gasteiger partial charge in [-0.25, -0.2) is 0 Å². The summed E-state index contributed by atoms with van der Waals surface area (Å²) in [6.07, 6.45) is 4.22. The summed E-state index contributed by atoms with van der Waals surface area (Å²) in [6.45, 7) is 3.87. The molecular formula is C6H7NO. The van der Waals surface area contributed by atoms with Gasteiger partial charge in [-0.05, 0) is 0 Å². The second kappa shape index (κ2) is 5.77. The monoisotopic (exact) mass is 109 g/mol. The van der Waals surface area contributed by atoms with E-state index >= 15 is 0 Å². The van der Waals surface area contributed by atoms with Crippen molar-refractivity contribution in [3.8, 4) is 6.07 Å². The van der Waals surface area contributed by atoms with Crippen molar-refractivity contribution in [2.24, 2.45) is 0 Å². The molecule has 0 fully saturated rings. The predicted octanol–water partition coefficient (Wildman–Crippen LogP) is 1.23. The molecule has 0 spiro atoms. The first-order valence-electron chi connectivity index (χ1n) is 2.19. The predicted molar refractivity (Wildman–Crippen MR) is 30.9 cm³/mol. The summed E-state index contributed by atoms with van der Waals surface area (Å²) in [5, 5.41) is 7.92. The zero-order valence-corrected chi connectivity index (χ0v) is 4.50. The van der Waals surface area contributed by atoms with Crippen LogP contribution in [0.15, 0.2) is 25.0 Å². The van der Waals surface area contributed by atoms with E-state index in [1.165, 1.54) is 12.3 Å². The van der Waals surface area contributed by atoms with Gasteiger partial charge in [0, 0.05) is 0 Å². The molecule has 0 aliphatic heterocycles. The maximum absolute atomic E-state index is 7.92. The molecule has 0 heterocycles. The second-order valence-corrected chi connectivity index (χ2v) is 1.05. The molecule has 0 rings (SSSR count). The molecular weight excluding hydrogens is 102 g/mol. The molecule has 0 saturated carbocycles. The Labute approximate surface area is 48.7 Å². The van der Waals surface area contributed by atoms with Crippen LogP contribution >= 0.6 is 0 Å². The maximum atomic E-state index is 7.92. The molecule has 0 bridgehead atoms. The van der Waals surface area contributed by atoms with Crippen LogP contribution in [0.5, 0.6) is 0 Å². The summed E-state index contributed by atoms with van der Waals surface area (Å²) >= 11 is 0.